The Morgan fingerprint density at radius 2 is 1.94 bits per heavy atom. The Hall–Kier alpha value is -0.510. The summed E-state index contributed by atoms with van der Waals surface area (Å²) in [6.45, 7) is 0. The van der Waals surface area contributed by atoms with Crippen molar-refractivity contribution in [3.8, 4) is 0 Å². The zero-order valence-corrected chi connectivity index (χ0v) is 11.1. The van der Waals surface area contributed by atoms with Gasteiger partial charge in [-0.3, -0.25) is 11.3 Å². The minimum Gasteiger partial charge on any atom is -0.271 e. The number of hydrazine groups is 1. The van der Waals surface area contributed by atoms with E-state index in [1.807, 2.05) is 0 Å². The first kappa shape index (κ1) is 12.9. The molecule has 0 bridgehead atoms. The molecular weight excluding hydrogens is 228 g/mol. The molecule has 0 spiro atoms. The fraction of sp³-hybridized carbons (Fsp3) is 0.571. The minimum atomic E-state index is 0.422. The van der Waals surface area contributed by atoms with Gasteiger partial charge in [-0.1, -0.05) is 30.3 Å². The summed E-state index contributed by atoms with van der Waals surface area (Å²) in [5.41, 5.74) is 4.37. The van der Waals surface area contributed by atoms with E-state index < -0.39 is 0 Å². The van der Waals surface area contributed by atoms with Crippen LogP contribution in [0.4, 0.5) is 0 Å². The fourth-order valence-electron chi connectivity index (χ4n) is 2.49. The first-order valence-corrected chi connectivity index (χ1v) is 7.61. The van der Waals surface area contributed by atoms with E-state index in [9.17, 15) is 0 Å². The molecule has 0 radical (unpaired) electrons. The van der Waals surface area contributed by atoms with Gasteiger partial charge in [-0.25, -0.2) is 0 Å². The van der Waals surface area contributed by atoms with Crippen LogP contribution in [0, 0.1) is 5.92 Å². The maximum Gasteiger partial charge on any atom is 0.0253 e. The Balaban J connectivity index is 1.83. The van der Waals surface area contributed by atoms with Crippen molar-refractivity contribution < 1.29 is 0 Å². The topological polar surface area (TPSA) is 38.0 Å². The van der Waals surface area contributed by atoms with Crippen LogP contribution in [-0.4, -0.2) is 17.5 Å². The van der Waals surface area contributed by atoms with Crippen LogP contribution < -0.4 is 11.3 Å². The summed E-state index contributed by atoms with van der Waals surface area (Å²) in [6, 6.07) is 11.0. The lowest BCUT2D eigenvalue weighted by Crippen LogP contribution is -2.38. The molecule has 1 atom stereocenters. The lowest BCUT2D eigenvalue weighted by molar-refractivity contribution is 0.366. The molecule has 2 rings (SSSR count). The van der Waals surface area contributed by atoms with Crippen molar-refractivity contribution in [3.63, 3.8) is 0 Å². The lowest BCUT2D eigenvalue weighted by Gasteiger charge is -2.26. The second-order valence-electron chi connectivity index (χ2n) is 4.84. The van der Waals surface area contributed by atoms with E-state index in [1.165, 1.54) is 36.3 Å². The highest BCUT2D eigenvalue weighted by Crippen LogP contribution is 2.26. The van der Waals surface area contributed by atoms with Crippen LogP contribution in [0.1, 0.15) is 24.8 Å². The number of hydrogen-bond acceptors (Lipinski definition) is 3. The summed E-state index contributed by atoms with van der Waals surface area (Å²) in [5.74, 6) is 9.20. The number of rotatable bonds is 5. The van der Waals surface area contributed by atoms with Crippen molar-refractivity contribution in [3.05, 3.63) is 35.9 Å². The first-order chi connectivity index (χ1) is 8.38. The van der Waals surface area contributed by atoms with Gasteiger partial charge in [0.1, 0.15) is 0 Å². The molecule has 1 saturated heterocycles. The Morgan fingerprint density at radius 3 is 2.59 bits per heavy atom. The fourth-order valence-corrected chi connectivity index (χ4v) is 3.70. The quantitative estimate of drug-likeness (QED) is 0.623. The molecule has 17 heavy (non-hydrogen) atoms. The number of hydrogen-bond donors (Lipinski definition) is 2. The van der Waals surface area contributed by atoms with E-state index in [1.54, 1.807) is 0 Å². The second kappa shape index (κ2) is 7.04. The first-order valence-electron chi connectivity index (χ1n) is 6.46. The Morgan fingerprint density at radius 1 is 1.24 bits per heavy atom. The molecule has 0 aliphatic carbocycles. The highest BCUT2D eigenvalue weighted by atomic mass is 32.2. The van der Waals surface area contributed by atoms with Gasteiger partial charge >= 0.3 is 0 Å². The maximum absolute atomic E-state index is 5.68. The molecule has 1 aliphatic heterocycles. The molecule has 1 heterocycles. The Kier molecular flexibility index (Phi) is 5.36. The summed E-state index contributed by atoms with van der Waals surface area (Å²) in [7, 11) is 0. The second-order valence-corrected chi connectivity index (χ2v) is 6.07. The smallest absolute Gasteiger partial charge is 0.0253 e. The molecule has 1 aliphatic rings. The average molecular weight is 250 g/mol. The van der Waals surface area contributed by atoms with Gasteiger partial charge in [-0.05, 0) is 48.7 Å². The molecule has 0 saturated carbocycles. The highest BCUT2D eigenvalue weighted by Gasteiger charge is 2.18. The van der Waals surface area contributed by atoms with Gasteiger partial charge in [-0.2, -0.15) is 11.8 Å². The monoisotopic (exact) mass is 250 g/mol. The predicted octanol–water partition coefficient (Wildman–Crippen LogP) is 2.59. The van der Waals surface area contributed by atoms with E-state index in [0.29, 0.717) is 6.04 Å². The van der Waals surface area contributed by atoms with Crippen molar-refractivity contribution in [1.82, 2.24) is 5.43 Å². The molecule has 1 unspecified atom stereocenters. The van der Waals surface area contributed by atoms with Gasteiger partial charge in [0.15, 0.2) is 0 Å². The van der Waals surface area contributed by atoms with E-state index in [2.05, 4.69) is 47.5 Å². The SMILES string of the molecule is NNC(Cc1ccccc1)CC1CCSCC1. The summed E-state index contributed by atoms with van der Waals surface area (Å²) in [5, 5.41) is 0. The van der Waals surface area contributed by atoms with Crippen LogP contribution >= 0.6 is 11.8 Å². The molecule has 3 N–H and O–H groups in total. The summed E-state index contributed by atoms with van der Waals surface area (Å²) in [6.07, 6.45) is 4.97. The van der Waals surface area contributed by atoms with E-state index >= 15 is 0 Å². The third-order valence-corrected chi connectivity index (χ3v) is 4.57. The zero-order valence-electron chi connectivity index (χ0n) is 10.3. The van der Waals surface area contributed by atoms with Gasteiger partial charge in [-0.15, -0.1) is 0 Å². The van der Waals surface area contributed by atoms with Crippen LogP contribution in [0.15, 0.2) is 30.3 Å². The average Bonchev–Trinajstić information content (AvgIpc) is 2.40. The zero-order chi connectivity index (χ0) is 11.9. The number of nitrogens with one attached hydrogen (secondary N) is 1. The third kappa shape index (κ3) is 4.34. The van der Waals surface area contributed by atoms with Crippen LogP contribution in [0.5, 0.6) is 0 Å². The molecule has 3 heteroatoms. The molecule has 0 amide bonds. The van der Waals surface area contributed by atoms with Crippen molar-refractivity contribution in [2.75, 3.05) is 11.5 Å². The highest BCUT2D eigenvalue weighted by molar-refractivity contribution is 7.99. The maximum atomic E-state index is 5.68. The van der Waals surface area contributed by atoms with E-state index in [0.717, 1.165) is 12.3 Å². The minimum absolute atomic E-state index is 0.422. The number of thioether (sulfide) groups is 1. The molecule has 0 aromatic heterocycles. The molecule has 1 aromatic rings. The van der Waals surface area contributed by atoms with Gasteiger partial charge in [0, 0.05) is 6.04 Å². The molecular formula is C14H22N2S. The van der Waals surface area contributed by atoms with Gasteiger partial charge in [0.25, 0.3) is 0 Å². The summed E-state index contributed by atoms with van der Waals surface area (Å²) >= 11 is 2.09. The molecule has 2 nitrogen and oxygen atoms in total. The molecule has 1 fully saturated rings. The summed E-state index contributed by atoms with van der Waals surface area (Å²) in [4.78, 5) is 0. The van der Waals surface area contributed by atoms with Gasteiger partial charge in [0.05, 0.1) is 0 Å². The predicted molar refractivity (Wildman–Crippen MR) is 75.9 cm³/mol. The Labute approximate surface area is 108 Å². The van der Waals surface area contributed by atoms with E-state index in [-0.39, 0.29) is 0 Å². The van der Waals surface area contributed by atoms with Crippen LogP contribution in [0.3, 0.4) is 0 Å². The van der Waals surface area contributed by atoms with Crippen LogP contribution in [0.2, 0.25) is 0 Å². The largest absolute Gasteiger partial charge is 0.271 e. The van der Waals surface area contributed by atoms with Crippen molar-refractivity contribution in [2.45, 2.75) is 31.7 Å². The van der Waals surface area contributed by atoms with Crippen LogP contribution in [0.25, 0.3) is 0 Å². The molecule has 94 valence electrons. The van der Waals surface area contributed by atoms with Crippen molar-refractivity contribution >= 4 is 11.8 Å². The Bertz CT molecular complexity index is 309. The van der Waals surface area contributed by atoms with Crippen molar-refractivity contribution in [1.29, 1.82) is 0 Å². The molecule has 1 aromatic carbocycles. The third-order valence-electron chi connectivity index (χ3n) is 3.52. The standard InChI is InChI=1S/C14H22N2S/c15-16-14(10-12-4-2-1-3-5-12)11-13-6-8-17-9-7-13/h1-5,13-14,16H,6-11,15H2. The number of benzene rings is 1. The van der Waals surface area contributed by atoms with Gasteiger partial charge in [0.2, 0.25) is 0 Å². The lowest BCUT2D eigenvalue weighted by atomic mass is 9.91. The normalized spacial score (nSPS) is 19.1. The van der Waals surface area contributed by atoms with Crippen molar-refractivity contribution in [2.24, 2.45) is 11.8 Å². The van der Waals surface area contributed by atoms with Gasteiger partial charge < -0.3 is 0 Å². The van der Waals surface area contributed by atoms with Crippen LogP contribution in [-0.2, 0) is 6.42 Å². The summed E-state index contributed by atoms with van der Waals surface area (Å²) < 4.78 is 0. The number of nitrogens with two attached hydrogens (primary N) is 1. The van der Waals surface area contributed by atoms with E-state index in [4.69, 9.17) is 5.84 Å².